The van der Waals surface area contributed by atoms with Crippen molar-refractivity contribution in [2.45, 2.75) is 51.7 Å². The number of nitrogens with zero attached hydrogens (tertiary/aromatic N) is 5. The number of rotatable bonds is 11. The van der Waals surface area contributed by atoms with E-state index in [4.69, 9.17) is 20.3 Å². The lowest BCUT2D eigenvalue weighted by Gasteiger charge is -2.23. The molecule has 4 heterocycles. The molecule has 1 saturated heterocycles. The van der Waals surface area contributed by atoms with Crippen LogP contribution in [-0.4, -0.2) is 62.9 Å². The summed E-state index contributed by atoms with van der Waals surface area (Å²) in [5.41, 5.74) is 11.2. The molecule has 1 aliphatic rings. The van der Waals surface area contributed by atoms with Gasteiger partial charge in [-0.05, 0) is 37.0 Å². The number of aromatic amines is 1. The van der Waals surface area contributed by atoms with Gasteiger partial charge in [0.15, 0.2) is 5.82 Å². The number of nitrogens with one attached hydrogen (secondary N) is 3. The van der Waals surface area contributed by atoms with Crippen LogP contribution in [0.1, 0.15) is 43.7 Å². The first-order valence-corrected chi connectivity index (χ1v) is 12.9. The molecule has 3 aromatic heterocycles. The number of fused-ring (bicyclic) bond motifs is 1. The van der Waals surface area contributed by atoms with Gasteiger partial charge in [-0.3, -0.25) is 9.78 Å². The molecule has 4 aromatic rings. The van der Waals surface area contributed by atoms with E-state index in [0.717, 1.165) is 74.5 Å². The SMILES string of the molecule is CCCCNc1nc(N)nc2c(-c3ccn[nH]3)nn(Cc3ccc(CNC4CCOCC4)cc3OC)c12. The number of anilines is 2. The molecule has 11 nitrogen and oxygen atoms in total. The Balaban J connectivity index is 1.47. The van der Waals surface area contributed by atoms with Gasteiger partial charge >= 0.3 is 0 Å². The Kier molecular flexibility index (Phi) is 7.81. The second-order valence-corrected chi connectivity index (χ2v) is 9.30. The molecular weight excluding hydrogens is 470 g/mol. The van der Waals surface area contributed by atoms with Crippen LogP contribution in [0.15, 0.2) is 30.5 Å². The highest BCUT2D eigenvalue weighted by Crippen LogP contribution is 2.32. The van der Waals surface area contributed by atoms with Crippen LogP contribution in [0.3, 0.4) is 0 Å². The number of aromatic nitrogens is 6. The summed E-state index contributed by atoms with van der Waals surface area (Å²) in [6.07, 6.45) is 5.87. The van der Waals surface area contributed by atoms with E-state index in [1.54, 1.807) is 13.3 Å². The van der Waals surface area contributed by atoms with E-state index in [9.17, 15) is 0 Å². The zero-order chi connectivity index (χ0) is 25.6. The topological polar surface area (TPSA) is 141 Å². The molecule has 0 aliphatic carbocycles. The molecule has 0 saturated carbocycles. The smallest absolute Gasteiger partial charge is 0.222 e. The van der Waals surface area contributed by atoms with Crippen molar-refractivity contribution in [3.05, 3.63) is 41.6 Å². The van der Waals surface area contributed by atoms with Gasteiger partial charge in [-0.25, -0.2) is 4.98 Å². The van der Waals surface area contributed by atoms with Gasteiger partial charge in [-0.15, -0.1) is 0 Å². The number of H-pyrrole nitrogens is 1. The predicted molar refractivity (Wildman–Crippen MR) is 143 cm³/mol. The lowest BCUT2D eigenvalue weighted by Crippen LogP contribution is -2.34. The third-order valence-electron chi connectivity index (χ3n) is 6.67. The summed E-state index contributed by atoms with van der Waals surface area (Å²) < 4.78 is 13.2. The first-order chi connectivity index (χ1) is 18.2. The van der Waals surface area contributed by atoms with Crippen molar-refractivity contribution < 1.29 is 9.47 Å². The number of ether oxygens (including phenoxy) is 2. The Morgan fingerprint density at radius 2 is 2.08 bits per heavy atom. The quantitative estimate of drug-likeness (QED) is 0.226. The Morgan fingerprint density at radius 3 is 2.84 bits per heavy atom. The molecule has 1 aromatic carbocycles. The van der Waals surface area contributed by atoms with Crippen LogP contribution in [0.25, 0.3) is 22.4 Å². The van der Waals surface area contributed by atoms with E-state index in [1.165, 1.54) is 5.56 Å². The highest BCUT2D eigenvalue weighted by molar-refractivity contribution is 5.96. The van der Waals surface area contributed by atoms with Gasteiger partial charge in [0.05, 0.1) is 19.3 Å². The summed E-state index contributed by atoms with van der Waals surface area (Å²) in [6, 6.07) is 8.70. The zero-order valence-corrected chi connectivity index (χ0v) is 21.5. The van der Waals surface area contributed by atoms with E-state index in [2.05, 4.69) is 55.9 Å². The molecule has 5 N–H and O–H groups in total. The summed E-state index contributed by atoms with van der Waals surface area (Å²) in [6.45, 7) is 5.85. The van der Waals surface area contributed by atoms with Crippen LogP contribution >= 0.6 is 0 Å². The van der Waals surface area contributed by atoms with Gasteiger partial charge in [0, 0.05) is 44.1 Å². The molecule has 1 fully saturated rings. The van der Waals surface area contributed by atoms with Crippen LogP contribution in [0.5, 0.6) is 5.75 Å². The maximum Gasteiger partial charge on any atom is 0.222 e. The Bertz CT molecular complexity index is 1310. The molecule has 0 atom stereocenters. The van der Waals surface area contributed by atoms with Gasteiger partial charge in [0.2, 0.25) is 5.95 Å². The molecular formula is C26H35N9O2. The monoisotopic (exact) mass is 505 g/mol. The van der Waals surface area contributed by atoms with E-state index in [-0.39, 0.29) is 5.95 Å². The average Bonchev–Trinajstić information content (AvgIpc) is 3.57. The lowest BCUT2D eigenvalue weighted by atomic mass is 10.1. The Hall–Kier alpha value is -3.70. The normalized spacial score (nSPS) is 14.3. The minimum atomic E-state index is 0.200. The zero-order valence-electron chi connectivity index (χ0n) is 21.5. The van der Waals surface area contributed by atoms with Gasteiger partial charge < -0.3 is 25.8 Å². The van der Waals surface area contributed by atoms with Crippen LogP contribution in [-0.2, 0) is 17.8 Å². The largest absolute Gasteiger partial charge is 0.496 e. The molecule has 0 bridgehead atoms. The summed E-state index contributed by atoms with van der Waals surface area (Å²) in [4.78, 5) is 9.07. The van der Waals surface area contributed by atoms with Crippen molar-refractivity contribution in [3.8, 4) is 17.1 Å². The van der Waals surface area contributed by atoms with Crippen molar-refractivity contribution in [2.24, 2.45) is 0 Å². The number of unbranched alkanes of at least 4 members (excludes halogenated alkanes) is 1. The van der Waals surface area contributed by atoms with Gasteiger partial charge in [-0.2, -0.15) is 15.2 Å². The van der Waals surface area contributed by atoms with Crippen LogP contribution in [0, 0.1) is 0 Å². The molecule has 0 radical (unpaired) electrons. The van der Waals surface area contributed by atoms with Crippen LogP contribution < -0.4 is 21.1 Å². The standard InChI is InChI=1S/C26H35N9O2/c1-3-4-10-28-25-24-23(31-26(27)32-25)22(20-7-11-30-33-20)34-35(24)16-18-6-5-17(14-21(18)36-2)15-29-19-8-12-37-13-9-19/h5-7,11,14,19,29H,3-4,8-10,12-13,15-16H2,1-2H3,(H,30,33)(H3,27,28,31,32). The summed E-state index contributed by atoms with van der Waals surface area (Å²) in [7, 11) is 1.70. The maximum atomic E-state index is 6.10. The maximum absolute atomic E-state index is 6.10. The second-order valence-electron chi connectivity index (χ2n) is 9.30. The van der Waals surface area contributed by atoms with E-state index < -0.39 is 0 Å². The first-order valence-electron chi connectivity index (χ1n) is 12.9. The summed E-state index contributed by atoms with van der Waals surface area (Å²) in [5.74, 6) is 1.69. The van der Waals surface area contributed by atoms with Crippen molar-refractivity contribution in [3.63, 3.8) is 0 Å². The van der Waals surface area contributed by atoms with Gasteiger partial charge in [0.25, 0.3) is 0 Å². The number of hydrogen-bond donors (Lipinski definition) is 4. The molecule has 0 unspecified atom stereocenters. The minimum Gasteiger partial charge on any atom is -0.496 e. The number of nitrogen functional groups attached to an aromatic ring is 1. The molecule has 37 heavy (non-hydrogen) atoms. The molecule has 0 spiro atoms. The van der Waals surface area contributed by atoms with Crippen molar-refractivity contribution >= 4 is 22.8 Å². The fourth-order valence-corrected chi connectivity index (χ4v) is 4.65. The van der Waals surface area contributed by atoms with Gasteiger partial charge in [0.1, 0.15) is 22.5 Å². The highest BCUT2D eigenvalue weighted by Gasteiger charge is 2.21. The lowest BCUT2D eigenvalue weighted by molar-refractivity contribution is 0.0776. The fraction of sp³-hybridized carbons (Fsp3) is 0.462. The van der Waals surface area contributed by atoms with Gasteiger partial charge in [-0.1, -0.05) is 25.5 Å². The number of nitrogens with two attached hydrogens (primary N) is 1. The summed E-state index contributed by atoms with van der Waals surface area (Å²) >= 11 is 0. The Morgan fingerprint density at radius 1 is 1.22 bits per heavy atom. The molecule has 196 valence electrons. The molecule has 0 amide bonds. The van der Waals surface area contributed by atoms with Crippen LogP contribution in [0.2, 0.25) is 0 Å². The molecule has 11 heteroatoms. The predicted octanol–water partition coefficient (Wildman–Crippen LogP) is 3.34. The number of hydrogen-bond acceptors (Lipinski definition) is 9. The highest BCUT2D eigenvalue weighted by atomic mass is 16.5. The van der Waals surface area contributed by atoms with Crippen LogP contribution in [0.4, 0.5) is 11.8 Å². The number of methoxy groups -OCH3 is 1. The van der Waals surface area contributed by atoms with Crippen molar-refractivity contribution in [1.29, 1.82) is 0 Å². The second kappa shape index (κ2) is 11.6. The van der Waals surface area contributed by atoms with Crippen molar-refractivity contribution in [2.75, 3.05) is 37.9 Å². The minimum absolute atomic E-state index is 0.200. The van der Waals surface area contributed by atoms with E-state index >= 15 is 0 Å². The molecule has 1 aliphatic heterocycles. The summed E-state index contributed by atoms with van der Waals surface area (Å²) in [5, 5.41) is 19.1. The van der Waals surface area contributed by atoms with Crippen molar-refractivity contribution in [1.82, 2.24) is 35.3 Å². The van der Waals surface area contributed by atoms with E-state index in [1.807, 2.05) is 10.7 Å². The Labute approximate surface area is 216 Å². The third kappa shape index (κ3) is 5.67. The molecule has 5 rings (SSSR count). The average molecular weight is 506 g/mol. The third-order valence-corrected chi connectivity index (χ3v) is 6.67. The first kappa shape index (κ1) is 25.0. The number of benzene rings is 1. The fourth-order valence-electron chi connectivity index (χ4n) is 4.65. The van der Waals surface area contributed by atoms with E-state index in [0.29, 0.717) is 29.6 Å².